The van der Waals surface area contributed by atoms with Crippen LogP contribution in [-0.4, -0.2) is 20.9 Å². The van der Waals surface area contributed by atoms with Gasteiger partial charge in [-0.1, -0.05) is 6.92 Å². The van der Waals surface area contributed by atoms with Crippen molar-refractivity contribution < 1.29 is 13.2 Å². The van der Waals surface area contributed by atoms with E-state index in [9.17, 15) is 13.2 Å². The molecule has 0 radical (unpaired) electrons. The molecule has 1 N–H and O–H groups in total. The summed E-state index contributed by atoms with van der Waals surface area (Å²) >= 11 is 4.96. The van der Waals surface area contributed by atoms with Crippen molar-refractivity contribution in [3.8, 4) is 0 Å². The average Bonchev–Trinajstić information content (AvgIpc) is 2.48. The van der Waals surface area contributed by atoms with Gasteiger partial charge in [-0.15, -0.1) is 0 Å². The molecule has 1 heterocycles. The quantitative estimate of drug-likeness (QED) is 0.817. The van der Waals surface area contributed by atoms with Gasteiger partial charge in [0.05, 0.1) is 0 Å². The van der Waals surface area contributed by atoms with Crippen molar-refractivity contribution in [2.75, 3.05) is 0 Å². The lowest BCUT2D eigenvalue weighted by molar-refractivity contribution is -0.135. The van der Waals surface area contributed by atoms with Crippen molar-refractivity contribution >= 4 is 12.2 Å². The van der Waals surface area contributed by atoms with E-state index in [1.165, 1.54) is 0 Å². The van der Waals surface area contributed by atoms with Gasteiger partial charge in [0.25, 0.3) is 0 Å². The lowest BCUT2D eigenvalue weighted by atomic mass is 10.3. The van der Waals surface area contributed by atoms with Crippen LogP contribution in [-0.2, 0) is 13.0 Å². The Labute approximate surface area is 96.7 Å². The van der Waals surface area contributed by atoms with Gasteiger partial charge >= 0.3 is 6.18 Å². The first kappa shape index (κ1) is 13.2. The van der Waals surface area contributed by atoms with Crippen molar-refractivity contribution in [3.05, 3.63) is 10.6 Å². The molecule has 0 aliphatic rings. The van der Waals surface area contributed by atoms with Gasteiger partial charge in [-0.3, -0.25) is 5.10 Å². The summed E-state index contributed by atoms with van der Waals surface area (Å²) in [6.07, 6.45) is -3.24. The number of nitrogens with zero attached hydrogens (tertiary/aromatic N) is 2. The molecule has 0 fully saturated rings. The Hall–Kier alpha value is -0.850. The number of aromatic nitrogens is 3. The molecule has 0 aromatic carbocycles. The topological polar surface area (TPSA) is 33.6 Å². The monoisotopic (exact) mass is 253 g/mol. The first-order valence-electron chi connectivity index (χ1n) is 5.15. The summed E-state index contributed by atoms with van der Waals surface area (Å²) in [5.74, 6) is 0.731. The van der Waals surface area contributed by atoms with Crippen LogP contribution in [0.4, 0.5) is 13.2 Å². The minimum absolute atomic E-state index is 0.0358. The number of halogens is 3. The number of nitrogens with one attached hydrogen (secondary N) is 1. The molecule has 92 valence electrons. The van der Waals surface area contributed by atoms with Crippen molar-refractivity contribution in [3.63, 3.8) is 0 Å². The fourth-order valence-corrected chi connectivity index (χ4v) is 1.68. The van der Waals surface area contributed by atoms with E-state index in [0.29, 0.717) is 4.77 Å². The summed E-state index contributed by atoms with van der Waals surface area (Å²) in [7, 11) is 0. The molecule has 1 aromatic heterocycles. The fourth-order valence-electron chi connectivity index (χ4n) is 1.43. The standard InChI is InChI=1S/C9H14F3N3S/c1-2-4-7-13-14-8(16)15(7)6-3-5-9(10,11)12/h2-6H2,1H3,(H,14,16). The van der Waals surface area contributed by atoms with E-state index < -0.39 is 12.6 Å². The summed E-state index contributed by atoms with van der Waals surface area (Å²) in [6.45, 7) is 2.25. The summed E-state index contributed by atoms with van der Waals surface area (Å²) < 4.78 is 38.0. The number of alkyl halides is 3. The van der Waals surface area contributed by atoms with Crippen molar-refractivity contribution in [2.45, 2.75) is 45.3 Å². The molecule has 0 aliphatic carbocycles. The minimum Gasteiger partial charge on any atom is -0.304 e. The number of aromatic amines is 1. The van der Waals surface area contributed by atoms with Crippen LogP contribution in [0.2, 0.25) is 0 Å². The molecule has 7 heteroatoms. The van der Waals surface area contributed by atoms with Crippen LogP contribution in [0, 0.1) is 4.77 Å². The SMILES string of the molecule is CCCc1n[nH]c(=S)n1CCCC(F)(F)F. The second-order valence-corrected chi connectivity index (χ2v) is 3.95. The molecular weight excluding hydrogens is 239 g/mol. The van der Waals surface area contributed by atoms with Crippen molar-refractivity contribution in [2.24, 2.45) is 0 Å². The van der Waals surface area contributed by atoms with E-state index in [0.717, 1.165) is 18.7 Å². The maximum absolute atomic E-state index is 12.0. The highest BCUT2D eigenvalue weighted by Crippen LogP contribution is 2.21. The first-order chi connectivity index (χ1) is 7.44. The van der Waals surface area contributed by atoms with Gasteiger partial charge in [0.15, 0.2) is 4.77 Å². The highest BCUT2D eigenvalue weighted by molar-refractivity contribution is 7.71. The van der Waals surface area contributed by atoms with Crippen LogP contribution in [0.1, 0.15) is 32.0 Å². The number of hydrogen-bond acceptors (Lipinski definition) is 2. The van der Waals surface area contributed by atoms with Gasteiger partial charge in [-0.2, -0.15) is 18.3 Å². The third kappa shape index (κ3) is 3.96. The first-order valence-corrected chi connectivity index (χ1v) is 5.55. The molecule has 0 bridgehead atoms. The van der Waals surface area contributed by atoms with Crippen LogP contribution in [0.25, 0.3) is 0 Å². The summed E-state index contributed by atoms with van der Waals surface area (Å²) in [4.78, 5) is 0. The Bertz CT molecular complexity index is 380. The molecule has 0 amide bonds. The normalized spacial score (nSPS) is 12.0. The minimum atomic E-state index is -4.10. The van der Waals surface area contributed by atoms with Crippen LogP contribution in [0.3, 0.4) is 0 Å². The Morgan fingerprint density at radius 2 is 2.12 bits per heavy atom. The van der Waals surface area contributed by atoms with E-state index in [1.807, 2.05) is 6.92 Å². The van der Waals surface area contributed by atoms with Crippen LogP contribution >= 0.6 is 12.2 Å². The second kappa shape index (κ2) is 5.47. The molecule has 0 saturated carbocycles. The molecule has 1 rings (SSSR count). The number of hydrogen-bond donors (Lipinski definition) is 1. The zero-order valence-corrected chi connectivity index (χ0v) is 9.79. The smallest absolute Gasteiger partial charge is 0.304 e. The maximum Gasteiger partial charge on any atom is 0.389 e. The lowest BCUT2D eigenvalue weighted by Gasteiger charge is -2.08. The van der Waals surface area contributed by atoms with E-state index in [1.54, 1.807) is 4.57 Å². The number of rotatable bonds is 5. The summed E-state index contributed by atoms with van der Waals surface area (Å²) in [5, 5.41) is 6.59. The van der Waals surface area contributed by atoms with E-state index in [2.05, 4.69) is 10.2 Å². The molecule has 0 aliphatic heterocycles. The van der Waals surface area contributed by atoms with Gasteiger partial charge < -0.3 is 4.57 Å². The zero-order valence-electron chi connectivity index (χ0n) is 8.97. The van der Waals surface area contributed by atoms with E-state index in [4.69, 9.17) is 12.2 Å². The molecule has 0 atom stereocenters. The molecule has 0 spiro atoms. The molecule has 16 heavy (non-hydrogen) atoms. The van der Waals surface area contributed by atoms with Gasteiger partial charge in [0.2, 0.25) is 0 Å². The van der Waals surface area contributed by atoms with Gasteiger partial charge in [-0.25, -0.2) is 0 Å². The molecular formula is C9H14F3N3S. The van der Waals surface area contributed by atoms with Gasteiger partial charge in [-0.05, 0) is 25.1 Å². The van der Waals surface area contributed by atoms with Crippen LogP contribution in [0.15, 0.2) is 0 Å². The second-order valence-electron chi connectivity index (χ2n) is 3.57. The molecule has 0 saturated heterocycles. The maximum atomic E-state index is 12.0. The number of aryl methyl sites for hydroxylation is 1. The Balaban J connectivity index is 2.59. The largest absolute Gasteiger partial charge is 0.389 e. The predicted octanol–water partition coefficient (Wildman–Crippen LogP) is 3.24. The summed E-state index contributed by atoms with van der Waals surface area (Å²) in [5.41, 5.74) is 0. The third-order valence-electron chi connectivity index (χ3n) is 2.15. The zero-order chi connectivity index (χ0) is 12.2. The average molecular weight is 253 g/mol. The Morgan fingerprint density at radius 3 is 2.69 bits per heavy atom. The van der Waals surface area contributed by atoms with Crippen LogP contribution in [0.5, 0.6) is 0 Å². The highest BCUT2D eigenvalue weighted by Gasteiger charge is 2.26. The van der Waals surface area contributed by atoms with Gasteiger partial charge in [0.1, 0.15) is 5.82 Å². The van der Waals surface area contributed by atoms with Crippen molar-refractivity contribution in [1.82, 2.24) is 14.8 Å². The van der Waals surface area contributed by atoms with E-state index in [-0.39, 0.29) is 13.0 Å². The predicted molar refractivity (Wildman–Crippen MR) is 56.7 cm³/mol. The fraction of sp³-hybridized carbons (Fsp3) is 0.778. The Kier molecular flexibility index (Phi) is 4.52. The lowest BCUT2D eigenvalue weighted by Crippen LogP contribution is -2.11. The molecule has 1 aromatic rings. The van der Waals surface area contributed by atoms with Crippen LogP contribution < -0.4 is 0 Å². The summed E-state index contributed by atoms with van der Waals surface area (Å²) in [6, 6.07) is 0. The Morgan fingerprint density at radius 1 is 1.44 bits per heavy atom. The van der Waals surface area contributed by atoms with Gasteiger partial charge in [0, 0.05) is 19.4 Å². The molecule has 3 nitrogen and oxygen atoms in total. The van der Waals surface area contributed by atoms with E-state index >= 15 is 0 Å². The molecule has 0 unspecified atom stereocenters. The highest BCUT2D eigenvalue weighted by atomic mass is 32.1. The third-order valence-corrected chi connectivity index (χ3v) is 2.46. The number of H-pyrrole nitrogens is 1. The van der Waals surface area contributed by atoms with Crippen molar-refractivity contribution in [1.29, 1.82) is 0 Å².